The SMILES string of the molecule is CC(Nc1ccc2nnc(-c3ccsc3)n2n1)c1ccccc1Br. The van der Waals surface area contributed by atoms with Crippen LogP contribution < -0.4 is 5.32 Å². The molecule has 0 fully saturated rings. The number of aromatic nitrogens is 4. The first-order chi connectivity index (χ1) is 11.7. The molecule has 0 aliphatic rings. The fourth-order valence-corrected chi connectivity index (χ4v) is 3.83. The van der Waals surface area contributed by atoms with Gasteiger partial charge >= 0.3 is 0 Å². The van der Waals surface area contributed by atoms with Crippen LogP contribution in [0.15, 0.2) is 57.7 Å². The molecule has 120 valence electrons. The molecule has 3 heterocycles. The number of nitrogens with zero attached hydrogens (tertiary/aromatic N) is 4. The Hall–Kier alpha value is -2.25. The van der Waals surface area contributed by atoms with E-state index in [2.05, 4.69) is 49.5 Å². The van der Waals surface area contributed by atoms with Gasteiger partial charge in [0.1, 0.15) is 5.82 Å². The summed E-state index contributed by atoms with van der Waals surface area (Å²) in [6, 6.07) is 14.2. The van der Waals surface area contributed by atoms with E-state index in [1.165, 1.54) is 5.56 Å². The van der Waals surface area contributed by atoms with Gasteiger partial charge in [0, 0.05) is 15.4 Å². The molecule has 1 atom stereocenters. The van der Waals surface area contributed by atoms with Crippen LogP contribution in [0, 0.1) is 0 Å². The lowest BCUT2D eigenvalue weighted by atomic mass is 10.1. The van der Waals surface area contributed by atoms with Gasteiger partial charge in [-0.25, -0.2) is 0 Å². The van der Waals surface area contributed by atoms with E-state index in [9.17, 15) is 0 Å². The highest BCUT2D eigenvalue weighted by atomic mass is 79.9. The van der Waals surface area contributed by atoms with Gasteiger partial charge in [-0.05, 0) is 42.1 Å². The van der Waals surface area contributed by atoms with Gasteiger partial charge in [-0.3, -0.25) is 0 Å². The molecular weight excluding hydrogens is 386 g/mol. The summed E-state index contributed by atoms with van der Waals surface area (Å²) in [5, 5.41) is 20.6. The van der Waals surface area contributed by atoms with Crippen molar-refractivity contribution in [3.8, 4) is 11.4 Å². The number of nitrogens with one attached hydrogen (secondary N) is 1. The Labute approximate surface area is 151 Å². The van der Waals surface area contributed by atoms with Gasteiger partial charge in [-0.15, -0.1) is 15.3 Å². The second-order valence-corrected chi connectivity index (χ2v) is 7.05. The van der Waals surface area contributed by atoms with Crippen LogP contribution in [0.1, 0.15) is 18.5 Å². The Bertz CT molecular complexity index is 980. The summed E-state index contributed by atoms with van der Waals surface area (Å²) in [6.07, 6.45) is 0. The normalized spacial score (nSPS) is 12.4. The number of anilines is 1. The average Bonchev–Trinajstić information content (AvgIpc) is 3.23. The number of rotatable bonds is 4. The highest BCUT2D eigenvalue weighted by Crippen LogP contribution is 2.26. The summed E-state index contributed by atoms with van der Waals surface area (Å²) < 4.78 is 2.85. The maximum atomic E-state index is 4.66. The molecule has 0 spiro atoms. The third-order valence-electron chi connectivity index (χ3n) is 3.78. The first-order valence-electron chi connectivity index (χ1n) is 7.48. The zero-order valence-electron chi connectivity index (χ0n) is 12.8. The van der Waals surface area contributed by atoms with E-state index in [-0.39, 0.29) is 6.04 Å². The van der Waals surface area contributed by atoms with Crippen molar-refractivity contribution in [2.24, 2.45) is 0 Å². The van der Waals surface area contributed by atoms with Crippen molar-refractivity contribution < 1.29 is 0 Å². The smallest absolute Gasteiger partial charge is 0.186 e. The third-order valence-corrected chi connectivity index (χ3v) is 5.18. The molecule has 0 saturated heterocycles. The largest absolute Gasteiger partial charge is 0.362 e. The zero-order valence-corrected chi connectivity index (χ0v) is 15.3. The highest BCUT2D eigenvalue weighted by molar-refractivity contribution is 9.10. The van der Waals surface area contributed by atoms with Crippen LogP contribution in [-0.4, -0.2) is 19.8 Å². The second-order valence-electron chi connectivity index (χ2n) is 5.41. The molecule has 7 heteroatoms. The molecule has 0 aliphatic heterocycles. The summed E-state index contributed by atoms with van der Waals surface area (Å²) in [4.78, 5) is 0. The van der Waals surface area contributed by atoms with Crippen molar-refractivity contribution >= 4 is 38.7 Å². The van der Waals surface area contributed by atoms with E-state index in [1.807, 2.05) is 47.2 Å². The fraction of sp³-hybridized carbons (Fsp3) is 0.118. The van der Waals surface area contributed by atoms with Gasteiger partial charge in [0.05, 0.1) is 6.04 Å². The minimum Gasteiger partial charge on any atom is -0.362 e. The quantitative estimate of drug-likeness (QED) is 0.535. The maximum Gasteiger partial charge on any atom is 0.186 e. The number of fused-ring (bicyclic) bond motifs is 1. The van der Waals surface area contributed by atoms with Gasteiger partial charge in [0.15, 0.2) is 11.5 Å². The molecule has 1 aromatic carbocycles. The van der Waals surface area contributed by atoms with Gasteiger partial charge in [0.25, 0.3) is 0 Å². The van der Waals surface area contributed by atoms with Crippen molar-refractivity contribution in [1.29, 1.82) is 0 Å². The van der Waals surface area contributed by atoms with Crippen molar-refractivity contribution in [3.63, 3.8) is 0 Å². The topological polar surface area (TPSA) is 55.1 Å². The van der Waals surface area contributed by atoms with Crippen molar-refractivity contribution in [2.45, 2.75) is 13.0 Å². The minimum atomic E-state index is 0.117. The van der Waals surface area contributed by atoms with E-state index in [1.54, 1.807) is 15.9 Å². The Morgan fingerprint density at radius 1 is 1.12 bits per heavy atom. The standard InChI is InChI=1S/C17H14BrN5S/c1-11(13-4-2-3-5-14(13)18)19-15-6-7-16-20-21-17(23(16)22-15)12-8-9-24-10-12/h2-11H,1H3,(H,19,22). The van der Waals surface area contributed by atoms with Crippen LogP contribution in [0.25, 0.3) is 17.0 Å². The Kier molecular flexibility index (Phi) is 4.03. The number of hydrogen-bond donors (Lipinski definition) is 1. The van der Waals surface area contributed by atoms with E-state index >= 15 is 0 Å². The van der Waals surface area contributed by atoms with Crippen LogP contribution in [0.5, 0.6) is 0 Å². The summed E-state index contributed by atoms with van der Waals surface area (Å²) in [5.41, 5.74) is 2.94. The molecule has 3 aromatic heterocycles. The predicted octanol–water partition coefficient (Wildman–Crippen LogP) is 4.79. The minimum absolute atomic E-state index is 0.117. The molecule has 0 bridgehead atoms. The zero-order chi connectivity index (χ0) is 16.5. The first kappa shape index (κ1) is 15.3. The van der Waals surface area contributed by atoms with Crippen molar-refractivity contribution in [3.05, 3.63) is 63.3 Å². The van der Waals surface area contributed by atoms with Crippen LogP contribution in [-0.2, 0) is 0 Å². The number of thiophene rings is 1. The molecule has 5 nitrogen and oxygen atoms in total. The molecule has 0 aliphatic carbocycles. The van der Waals surface area contributed by atoms with Gasteiger partial charge in [-0.2, -0.15) is 15.9 Å². The van der Waals surface area contributed by atoms with E-state index in [0.717, 1.165) is 27.3 Å². The maximum absolute atomic E-state index is 4.66. The molecule has 0 saturated carbocycles. The monoisotopic (exact) mass is 399 g/mol. The van der Waals surface area contributed by atoms with Crippen LogP contribution in [0.4, 0.5) is 5.82 Å². The van der Waals surface area contributed by atoms with Crippen molar-refractivity contribution in [1.82, 2.24) is 19.8 Å². The Balaban J connectivity index is 1.68. The van der Waals surface area contributed by atoms with Gasteiger partial charge < -0.3 is 5.32 Å². The fourth-order valence-electron chi connectivity index (χ4n) is 2.56. The Morgan fingerprint density at radius 3 is 2.79 bits per heavy atom. The van der Waals surface area contributed by atoms with Crippen molar-refractivity contribution in [2.75, 3.05) is 5.32 Å². The molecule has 1 N–H and O–H groups in total. The molecular formula is C17H14BrN5S. The number of benzene rings is 1. The third kappa shape index (κ3) is 2.81. The average molecular weight is 400 g/mol. The van der Waals surface area contributed by atoms with E-state index < -0.39 is 0 Å². The lowest BCUT2D eigenvalue weighted by Gasteiger charge is -2.16. The molecule has 4 rings (SSSR count). The molecule has 24 heavy (non-hydrogen) atoms. The summed E-state index contributed by atoms with van der Waals surface area (Å²) in [7, 11) is 0. The Morgan fingerprint density at radius 2 is 2.00 bits per heavy atom. The van der Waals surface area contributed by atoms with Gasteiger partial charge in [0.2, 0.25) is 0 Å². The number of halogens is 1. The van der Waals surface area contributed by atoms with Gasteiger partial charge in [-0.1, -0.05) is 34.1 Å². The summed E-state index contributed by atoms with van der Waals surface area (Å²) in [6.45, 7) is 2.11. The molecule has 1 unspecified atom stereocenters. The van der Waals surface area contributed by atoms with E-state index in [0.29, 0.717) is 0 Å². The van der Waals surface area contributed by atoms with Crippen LogP contribution in [0.3, 0.4) is 0 Å². The van der Waals surface area contributed by atoms with E-state index in [4.69, 9.17) is 0 Å². The van der Waals surface area contributed by atoms with Crippen LogP contribution in [0.2, 0.25) is 0 Å². The second kappa shape index (κ2) is 6.33. The lowest BCUT2D eigenvalue weighted by molar-refractivity contribution is 0.843. The highest BCUT2D eigenvalue weighted by Gasteiger charge is 2.13. The van der Waals surface area contributed by atoms with Crippen LogP contribution >= 0.6 is 27.3 Å². The summed E-state index contributed by atoms with van der Waals surface area (Å²) in [5.74, 6) is 1.53. The molecule has 4 aromatic rings. The lowest BCUT2D eigenvalue weighted by Crippen LogP contribution is -2.10. The predicted molar refractivity (Wildman–Crippen MR) is 100 cm³/mol. The molecule has 0 amide bonds. The number of hydrogen-bond acceptors (Lipinski definition) is 5. The summed E-state index contributed by atoms with van der Waals surface area (Å²) >= 11 is 5.23. The molecule has 0 radical (unpaired) electrons. The first-order valence-corrected chi connectivity index (χ1v) is 9.22.